The fourth-order valence-electron chi connectivity index (χ4n) is 3.30. The predicted octanol–water partition coefficient (Wildman–Crippen LogP) is 3.27. The van der Waals surface area contributed by atoms with Crippen LogP contribution in [-0.4, -0.2) is 35.9 Å². The highest BCUT2D eigenvalue weighted by Crippen LogP contribution is 2.19. The Morgan fingerprint density at radius 3 is 2.68 bits per heavy atom. The van der Waals surface area contributed by atoms with Crippen molar-refractivity contribution in [2.75, 3.05) is 7.11 Å². The summed E-state index contributed by atoms with van der Waals surface area (Å²) >= 11 is 0. The van der Waals surface area contributed by atoms with E-state index in [-0.39, 0.29) is 17.9 Å². The number of nitrogens with one attached hydrogen (secondary N) is 1. The Hall–Kier alpha value is -2.04. The molecule has 138 valence electrons. The molecule has 5 nitrogen and oxygen atoms in total. The minimum absolute atomic E-state index is 0.0133. The van der Waals surface area contributed by atoms with Crippen LogP contribution in [0.3, 0.4) is 0 Å². The molecule has 0 aliphatic heterocycles. The van der Waals surface area contributed by atoms with Crippen molar-refractivity contribution < 1.29 is 14.3 Å². The van der Waals surface area contributed by atoms with E-state index in [0.29, 0.717) is 13.0 Å². The van der Waals surface area contributed by atoms with Crippen LogP contribution in [-0.2, 0) is 16.1 Å². The quantitative estimate of drug-likeness (QED) is 0.786. The Morgan fingerprint density at radius 2 is 2.04 bits per heavy atom. The predicted molar refractivity (Wildman–Crippen MR) is 98.3 cm³/mol. The number of amides is 2. The molecule has 2 rings (SSSR count). The van der Waals surface area contributed by atoms with E-state index in [1.165, 1.54) is 12.8 Å². The highest BCUT2D eigenvalue weighted by molar-refractivity contribution is 5.87. The van der Waals surface area contributed by atoms with Crippen LogP contribution in [0.4, 0.5) is 0 Å². The van der Waals surface area contributed by atoms with Gasteiger partial charge in [0.25, 0.3) is 0 Å². The van der Waals surface area contributed by atoms with Gasteiger partial charge in [0.1, 0.15) is 11.8 Å². The molecule has 0 unspecified atom stereocenters. The first kappa shape index (κ1) is 19.3. The van der Waals surface area contributed by atoms with Crippen LogP contribution in [0.25, 0.3) is 0 Å². The number of benzene rings is 1. The fourth-order valence-corrected chi connectivity index (χ4v) is 3.30. The molecule has 1 fully saturated rings. The molecule has 1 atom stereocenters. The van der Waals surface area contributed by atoms with E-state index in [9.17, 15) is 9.59 Å². The zero-order valence-electron chi connectivity index (χ0n) is 15.6. The molecule has 0 saturated heterocycles. The molecule has 5 heteroatoms. The van der Waals surface area contributed by atoms with Crippen LogP contribution < -0.4 is 10.1 Å². The van der Waals surface area contributed by atoms with Crippen molar-refractivity contribution >= 4 is 11.8 Å². The van der Waals surface area contributed by atoms with Crippen molar-refractivity contribution in [3.05, 3.63) is 29.8 Å². The summed E-state index contributed by atoms with van der Waals surface area (Å²) in [7, 11) is 1.62. The molecule has 0 radical (unpaired) electrons. The average molecular weight is 346 g/mol. The van der Waals surface area contributed by atoms with E-state index >= 15 is 0 Å². The molecule has 1 aromatic rings. The summed E-state index contributed by atoms with van der Waals surface area (Å²) < 4.78 is 5.26. The Kier molecular flexibility index (Phi) is 7.29. The average Bonchev–Trinajstić information content (AvgIpc) is 3.12. The molecule has 0 aromatic heterocycles. The molecular weight excluding hydrogens is 316 g/mol. The number of rotatable bonds is 8. The third-order valence-electron chi connectivity index (χ3n) is 4.82. The summed E-state index contributed by atoms with van der Waals surface area (Å²) in [6, 6.07) is 7.42. The first-order valence-corrected chi connectivity index (χ1v) is 9.28. The maximum Gasteiger partial charge on any atom is 0.242 e. The van der Waals surface area contributed by atoms with Gasteiger partial charge >= 0.3 is 0 Å². The summed E-state index contributed by atoms with van der Waals surface area (Å²) in [5, 5.41) is 3.11. The van der Waals surface area contributed by atoms with Gasteiger partial charge in [0.15, 0.2) is 0 Å². The summed E-state index contributed by atoms with van der Waals surface area (Å²) in [6.45, 7) is 4.21. The van der Waals surface area contributed by atoms with Gasteiger partial charge in [-0.25, -0.2) is 0 Å². The number of carbonyl (C=O) groups is 2. The summed E-state index contributed by atoms with van der Waals surface area (Å²) in [4.78, 5) is 26.9. The van der Waals surface area contributed by atoms with Crippen LogP contribution in [0.15, 0.2) is 24.3 Å². The van der Waals surface area contributed by atoms with Gasteiger partial charge in [0, 0.05) is 19.0 Å². The first-order chi connectivity index (χ1) is 12.0. The lowest BCUT2D eigenvalue weighted by molar-refractivity contribution is -0.140. The molecule has 0 spiro atoms. The molecule has 1 N–H and O–H groups in total. The normalized spacial score (nSPS) is 15.6. The van der Waals surface area contributed by atoms with Crippen molar-refractivity contribution in [1.29, 1.82) is 0 Å². The number of nitrogens with zero attached hydrogens (tertiary/aromatic N) is 1. The zero-order valence-corrected chi connectivity index (χ0v) is 15.6. The van der Waals surface area contributed by atoms with Crippen molar-refractivity contribution in [3.63, 3.8) is 0 Å². The number of ether oxygens (including phenoxy) is 1. The van der Waals surface area contributed by atoms with Crippen LogP contribution >= 0.6 is 0 Å². The Labute approximate surface area is 150 Å². The highest BCUT2D eigenvalue weighted by Gasteiger charge is 2.28. The third-order valence-corrected chi connectivity index (χ3v) is 4.82. The second kappa shape index (κ2) is 9.44. The van der Waals surface area contributed by atoms with Gasteiger partial charge in [-0.3, -0.25) is 9.59 Å². The van der Waals surface area contributed by atoms with Gasteiger partial charge in [-0.15, -0.1) is 0 Å². The molecule has 1 aliphatic rings. The zero-order chi connectivity index (χ0) is 18.2. The Bertz CT molecular complexity index is 582. The van der Waals surface area contributed by atoms with Crippen LogP contribution in [0.1, 0.15) is 57.9 Å². The summed E-state index contributed by atoms with van der Waals surface area (Å²) in [5.41, 5.74) is 0.962. The van der Waals surface area contributed by atoms with Crippen LogP contribution in [0.5, 0.6) is 5.75 Å². The number of hydrogen-bond donors (Lipinski definition) is 1. The molecule has 1 saturated carbocycles. The van der Waals surface area contributed by atoms with E-state index < -0.39 is 6.04 Å². The van der Waals surface area contributed by atoms with E-state index in [0.717, 1.165) is 30.6 Å². The lowest BCUT2D eigenvalue weighted by Gasteiger charge is -2.29. The number of hydrogen-bond acceptors (Lipinski definition) is 3. The van der Waals surface area contributed by atoms with Gasteiger partial charge < -0.3 is 15.0 Å². The smallest absolute Gasteiger partial charge is 0.242 e. The number of methoxy groups -OCH3 is 1. The summed E-state index contributed by atoms with van der Waals surface area (Å²) in [6.07, 6.45) is 5.63. The van der Waals surface area contributed by atoms with Gasteiger partial charge in [-0.1, -0.05) is 31.9 Å². The van der Waals surface area contributed by atoms with Crippen molar-refractivity contribution in [2.45, 2.75) is 71.0 Å². The lowest BCUT2D eigenvalue weighted by atomic mass is 10.1. The number of carbonyl (C=O) groups excluding carboxylic acids is 2. The maximum atomic E-state index is 12.6. The second-order valence-corrected chi connectivity index (χ2v) is 6.79. The molecule has 25 heavy (non-hydrogen) atoms. The standard InChI is InChI=1S/C20H30N2O3/c1-4-8-19(23)22(14-16-9-7-12-18(13-16)25-3)15(2)20(24)21-17-10-5-6-11-17/h7,9,12-13,15,17H,4-6,8,10-11,14H2,1-3H3,(H,21,24)/t15-/m0/s1. The van der Waals surface area contributed by atoms with E-state index in [1.54, 1.807) is 12.0 Å². The molecule has 1 aromatic carbocycles. The third kappa shape index (κ3) is 5.48. The van der Waals surface area contributed by atoms with Gasteiger partial charge in [0.05, 0.1) is 7.11 Å². The molecule has 1 aliphatic carbocycles. The molecule has 2 amide bonds. The minimum Gasteiger partial charge on any atom is -0.497 e. The topological polar surface area (TPSA) is 58.6 Å². The lowest BCUT2D eigenvalue weighted by Crippen LogP contribution is -2.49. The Balaban J connectivity index is 2.10. The van der Waals surface area contributed by atoms with Gasteiger partial charge in [-0.05, 0) is 43.9 Å². The van der Waals surface area contributed by atoms with Crippen molar-refractivity contribution in [1.82, 2.24) is 10.2 Å². The van der Waals surface area contributed by atoms with Crippen LogP contribution in [0, 0.1) is 0 Å². The van der Waals surface area contributed by atoms with Crippen molar-refractivity contribution in [3.8, 4) is 5.75 Å². The second-order valence-electron chi connectivity index (χ2n) is 6.79. The SMILES string of the molecule is CCCC(=O)N(Cc1cccc(OC)c1)[C@@H](C)C(=O)NC1CCCC1. The molecule has 0 heterocycles. The molecular formula is C20H30N2O3. The van der Waals surface area contributed by atoms with E-state index in [4.69, 9.17) is 4.74 Å². The summed E-state index contributed by atoms with van der Waals surface area (Å²) in [5.74, 6) is 0.710. The Morgan fingerprint density at radius 1 is 1.32 bits per heavy atom. The highest BCUT2D eigenvalue weighted by atomic mass is 16.5. The fraction of sp³-hybridized carbons (Fsp3) is 0.600. The van der Waals surface area contributed by atoms with E-state index in [1.807, 2.05) is 38.1 Å². The van der Waals surface area contributed by atoms with Crippen LogP contribution in [0.2, 0.25) is 0 Å². The molecule has 0 bridgehead atoms. The minimum atomic E-state index is -0.481. The maximum absolute atomic E-state index is 12.6. The van der Waals surface area contributed by atoms with Gasteiger partial charge in [-0.2, -0.15) is 0 Å². The largest absolute Gasteiger partial charge is 0.497 e. The monoisotopic (exact) mass is 346 g/mol. The first-order valence-electron chi connectivity index (χ1n) is 9.28. The van der Waals surface area contributed by atoms with Gasteiger partial charge in [0.2, 0.25) is 11.8 Å². The van der Waals surface area contributed by atoms with Crippen molar-refractivity contribution in [2.24, 2.45) is 0 Å². The van der Waals surface area contributed by atoms with E-state index in [2.05, 4.69) is 5.32 Å².